The van der Waals surface area contributed by atoms with Gasteiger partial charge in [0, 0.05) is 12.0 Å². The number of halogens is 3. The van der Waals surface area contributed by atoms with Crippen molar-refractivity contribution in [1.29, 1.82) is 0 Å². The average molecular weight is 203 g/mol. The van der Waals surface area contributed by atoms with E-state index in [9.17, 15) is 13.2 Å². The third-order valence-corrected chi connectivity index (χ3v) is 1.94. The largest absolute Gasteiger partial charge is 0.330 e. The molecule has 0 amide bonds. The van der Waals surface area contributed by atoms with Gasteiger partial charge < -0.3 is 5.73 Å². The standard InChI is InChI=1S/C10H12F3N/c11-9-4-1-3-8(7-9)10(12,13)5-2-6-14/h1,3-4,7H,2,5-6,14H2. The summed E-state index contributed by atoms with van der Waals surface area (Å²) in [4.78, 5) is 0. The van der Waals surface area contributed by atoms with Crippen LogP contribution in [0.2, 0.25) is 0 Å². The zero-order valence-electron chi connectivity index (χ0n) is 7.64. The highest BCUT2D eigenvalue weighted by Gasteiger charge is 2.30. The predicted octanol–water partition coefficient (Wildman–Crippen LogP) is 2.66. The zero-order chi connectivity index (χ0) is 10.6. The summed E-state index contributed by atoms with van der Waals surface area (Å²) in [7, 11) is 0. The lowest BCUT2D eigenvalue weighted by Crippen LogP contribution is -2.15. The van der Waals surface area contributed by atoms with Crippen molar-refractivity contribution in [3.8, 4) is 0 Å². The molecule has 0 saturated heterocycles. The van der Waals surface area contributed by atoms with Crippen LogP contribution in [0.25, 0.3) is 0 Å². The maximum atomic E-state index is 13.3. The van der Waals surface area contributed by atoms with Gasteiger partial charge in [0.05, 0.1) is 0 Å². The van der Waals surface area contributed by atoms with Gasteiger partial charge in [0.1, 0.15) is 5.82 Å². The van der Waals surface area contributed by atoms with E-state index in [0.29, 0.717) is 0 Å². The third-order valence-electron chi connectivity index (χ3n) is 1.94. The highest BCUT2D eigenvalue weighted by molar-refractivity contribution is 5.21. The van der Waals surface area contributed by atoms with Gasteiger partial charge in [-0.05, 0) is 25.1 Å². The Balaban J connectivity index is 2.80. The minimum atomic E-state index is -2.98. The highest BCUT2D eigenvalue weighted by atomic mass is 19.3. The first kappa shape index (κ1) is 11.0. The molecule has 1 aromatic carbocycles. The van der Waals surface area contributed by atoms with Crippen LogP contribution in [0.1, 0.15) is 18.4 Å². The lowest BCUT2D eigenvalue weighted by molar-refractivity contribution is -0.0149. The highest BCUT2D eigenvalue weighted by Crippen LogP contribution is 2.32. The second-order valence-electron chi connectivity index (χ2n) is 3.11. The number of hydrogen-bond donors (Lipinski definition) is 1. The molecular formula is C10H12F3N. The Morgan fingerprint density at radius 1 is 1.29 bits per heavy atom. The molecule has 0 heterocycles. The van der Waals surface area contributed by atoms with Gasteiger partial charge in [-0.2, -0.15) is 0 Å². The topological polar surface area (TPSA) is 26.0 Å². The average Bonchev–Trinajstić information content (AvgIpc) is 2.15. The Hall–Kier alpha value is -1.03. The Morgan fingerprint density at radius 2 is 2.00 bits per heavy atom. The van der Waals surface area contributed by atoms with Crippen molar-refractivity contribution in [2.75, 3.05) is 6.54 Å². The Kier molecular flexibility index (Phi) is 3.52. The summed E-state index contributed by atoms with van der Waals surface area (Å²) >= 11 is 0. The van der Waals surface area contributed by atoms with E-state index < -0.39 is 11.7 Å². The molecule has 0 radical (unpaired) electrons. The smallest absolute Gasteiger partial charge is 0.273 e. The molecule has 14 heavy (non-hydrogen) atoms. The van der Waals surface area contributed by atoms with Crippen LogP contribution >= 0.6 is 0 Å². The van der Waals surface area contributed by atoms with Gasteiger partial charge in [-0.15, -0.1) is 0 Å². The molecular weight excluding hydrogens is 191 g/mol. The fourth-order valence-electron chi connectivity index (χ4n) is 1.18. The van der Waals surface area contributed by atoms with Crippen LogP contribution in [0.5, 0.6) is 0 Å². The van der Waals surface area contributed by atoms with Crippen LogP contribution in [-0.4, -0.2) is 6.54 Å². The molecule has 0 fully saturated rings. The molecule has 78 valence electrons. The second-order valence-corrected chi connectivity index (χ2v) is 3.11. The molecule has 0 aliphatic rings. The second kappa shape index (κ2) is 4.46. The summed E-state index contributed by atoms with van der Waals surface area (Å²) in [6.07, 6.45) is -0.115. The van der Waals surface area contributed by atoms with Crippen LogP contribution in [0, 0.1) is 5.82 Å². The molecule has 0 bridgehead atoms. The molecule has 0 aliphatic heterocycles. The molecule has 1 nitrogen and oxygen atoms in total. The molecule has 0 unspecified atom stereocenters. The normalized spacial score (nSPS) is 11.7. The maximum absolute atomic E-state index is 13.3. The van der Waals surface area contributed by atoms with E-state index >= 15 is 0 Å². The third kappa shape index (κ3) is 2.73. The lowest BCUT2D eigenvalue weighted by atomic mass is 10.0. The van der Waals surface area contributed by atoms with Crippen LogP contribution < -0.4 is 5.73 Å². The van der Waals surface area contributed by atoms with Gasteiger partial charge >= 0.3 is 0 Å². The van der Waals surface area contributed by atoms with E-state index in [0.717, 1.165) is 12.1 Å². The summed E-state index contributed by atoms with van der Waals surface area (Å²) in [6.45, 7) is 0.213. The fourth-order valence-corrected chi connectivity index (χ4v) is 1.18. The van der Waals surface area contributed by atoms with Crippen LogP contribution in [-0.2, 0) is 5.92 Å². The van der Waals surface area contributed by atoms with Gasteiger partial charge in [0.2, 0.25) is 0 Å². The van der Waals surface area contributed by atoms with E-state index in [1.165, 1.54) is 12.1 Å². The van der Waals surface area contributed by atoms with Crippen molar-refractivity contribution in [1.82, 2.24) is 0 Å². The summed E-state index contributed by atoms with van der Waals surface area (Å²) in [5.41, 5.74) is 4.85. The molecule has 1 rings (SSSR count). The van der Waals surface area contributed by atoms with Crippen molar-refractivity contribution >= 4 is 0 Å². The fraction of sp³-hybridized carbons (Fsp3) is 0.400. The molecule has 0 aliphatic carbocycles. The summed E-state index contributed by atoms with van der Waals surface area (Å²) in [5.74, 6) is -3.63. The summed E-state index contributed by atoms with van der Waals surface area (Å²) < 4.78 is 39.3. The van der Waals surface area contributed by atoms with Crippen LogP contribution in [0.15, 0.2) is 24.3 Å². The van der Waals surface area contributed by atoms with Gasteiger partial charge in [-0.25, -0.2) is 13.2 Å². The Labute approximate surface area is 80.7 Å². The van der Waals surface area contributed by atoms with Crippen molar-refractivity contribution in [3.05, 3.63) is 35.6 Å². The first-order chi connectivity index (χ1) is 6.56. The van der Waals surface area contributed by atoms with Crippen LogP contribution in [0.4, 0.5) is 13.2 Å². The summed E-state index contributed by atoms with van der Waals surface area (Å²) in [6, 6.07) is 4.50. The molecule has 2 N–H and O–H groups in total. The molecule has 0 spiro atoms. The SMILES string of the molecule is NCCCC(F)(F)c1cccc(F)c1. The predicted molar refractivity (Wildman–Crippen MR) is 48.6 cm³/mol. The van der Waals surface area contributed by atoms with Gasteiger partial charge in [-0.3, -0.25) is 0 Å². The van der Waals surface area contributed by atoms with Crippen molar-refractivity contribution in [3.63, 3.8) is 0 Å². The van der Waals surface area contributed by atoms with E-state index in [4.69, 9.17) is 5.73 Å². The van der Waals surface area contributed by atoms with E-state index in [1.54, 1.807) is 0 Å². The van der Waals surface area contributed by atoms with E-state index in [-0.39, 0.29) is 24.9 Å². The number of benzene rings is 1. The molecule has 1 aromatic rings. The quantitative estimate of drug-likeness (QED) is 0.799. The molecule has 0 saturated carbocycles. The van der Waals surface area contributed by atoms with Gasteiger partial charge in [0.25, 0.3) is 5.92 Å². The molecule has 4 heteroatoms. The van der Waals surface area contributed by atoms with Crippen molar-refractivity contribution < 1.29 is 13.2 Å². The number of alkyl halides is 2. The first-order valence-corrected chi connectivity index (χ1v) is 4.40. The van der Waals surface area contributed by atoms with Crippen molar-refractivity contribution in [2.45, 2.75) is 18.8 Å². The number of rotatable bonds is 4. The van der Waals surface area contributed by atoms with Gasteiger partial charge in [0.15, 0.2) is 0 Å². The van der Waals surface area contributed by atoms with E-state index in [1.807, 2.05) is 0 Å². The maximum Gasteiger partial charge on any atom is 0.273 e. The zero-order valence-corrected chi connectivity index (χ0v) is 7.64. The summed E-state index contributed by atoms with van der Waals surface area (Å²) in [5, 5.41) is 0. The Morgan fingerprint density at radius 3 is 2.57 bits per heavy atom. The first-order valence-electron chi connectivity index (χ1n) is 4.40. The minimum Gasteiger partial charge on any atom is -0.330 e. The monoisotopic (exact) mass is 203 g/mol. The van der Waals surface area contributed by atoms with Crippen LogP contribution in [0.3, 0.4) is 0 Å². The molecule has 0 aromatic heterocycles. The Bertz CT molecular complexity index is 299. The van der Waals surface area contributed by atoms with Gasteiger partial charge in [-0.1, -0.05) is 12.1 Å². The minimum absolute atomic E-state index is 0.213. The van der Waals surface area contributed by atoms with Crippen molar-refractivity contribution in [2.24, 2.45) is 5.73 Å². The number of nitrogens with two attached hydrogens (primary N) is 1. The number of hydrogen-bond acceptors (Lipinski definition) is 1. The molecule has 0 atom stereocenters. The lowest BCUT2D eigenvalue weighted by Gasteiger charge is -2.15. The van der Waals surface area contributed by atoms with E-state index in [2.05, 4.69) is 0 Å².